The molecule has 2 atom stereocenters. The van der Waals surface area contributed by atoms with E-state index in [4.69, 9.17) is 23.2 Å². The minimum absolute atomic E-state index is 0.303. The molecule has 1 aliphatic rings. The minimum atomic E-state index is -0.857. The van der Waals surface area contributed by atoms with E-state index >= 15 is 0 Å². The maximum absolute atomic E-state index is 12.1. The fourth-order valence-corrected chi connectivity index (χ4v) is 2.79. The molecule has 1 aromatic carbocycles. The maximum Gasteiger partial charge on any atom is 0.308 e. The summed E-state index contributed by atoms with van der Waals surface area (Å²) in [5, 5.41) is 12.7. The van der Waals surface area contributed by atoms with E-state index < -0.39 is 11.9 Å². The summed E-state index contributed by atoms with van der Waals surface area (Å²) in [5.74, 6) is -1.69. The zero-order valence-corrected chi connectivity index (χ0v) is 12.2. The number of carbonyl (C=O) groups excluding carboxylic acids is 1. The highest BCUT2D eigenvalue weighted by Crippen LogP contribution is 2.26. The Hall–Kier alpha value is -1.26. The van der Waals surface area contributed by atoms with Gasteiger partial charge in [0.05, 0.1) is 16.0 Å². The molecule has 0 heterocycles. The SMILES string of the molecule is O=C(N[C@H]1CCCC[C@H]1C(=O)O)c1ccc(Cl)c(Cl)c1. The smallest absolute Gasteiger partial charge is 0.308 e. The molecule has 0 spiro atoms. The second-order valence-corrected chi connectivity index (χ2v) is 5.75. The van der Waals surface area contributed by atoms with E-state index in [1.54, 1.807) is 12.1 Å². The summed E-state index contributed by atoms with van der Waals surface area (Å²) in [6.45, 7) is 0. The lowest BCUT2D eigenvalue weighted by atomic mass is 9.84. The molecule has 2 rings (SSSR count). The molecule has 0 bridgehead atoms. The molecular weight excluding hydrogens is 301 g/mol. The molecule has 1 amide bonds. The third-order valence-corrected chi connectivity index (χ3v) is 4.32. The van der Waals surface area contributed by atoms with Crippen molar-refractivity contribution >= 4 is 35.1 Å². The van der Waals surface area contributed by atoms with Crippen LogP contribution in [0.3, 0.4) is 0 Å². The summed E-state index contributed by atoms with van der Waals surface area (Å²) in [6.07, 6.45) is 3.10. The van der Waals surface area contributed by atoms with Crippen LogP contribution in [-0.2, 0) is 4.79 Å². The number of nitrogens with one attached hydrogen (secondary N) is 1. The Balaban J connectivity index is 2.09. The van der Waals surface area contributed by atoms with E-state index in [0.717, 1.165) is 12.8 Å². The first-order valence-electron chi connectivity index (χ1n) is 6.48. The first-order chi connectivity index (χ1) is 9.49. The van der Waals surface area contributed by atoms with Gasteiger partial charge in [0.1, 0.15) is 0 Å². The molecule has 108 valence electrons. The van der Waals surface area contributed by atoms with Crippen molar-refractivity contribution in [2.45, 2.75) is 31.7 Å². The first-order valence-corrected chi connectivity index (χ1v) is 7.23. The molecule has 0 radical (unpaired) electrons. The Kier molecular flexibility index (Phi) is 4.89. The van der Waals surface area contributed by atoms with Crippen LogP contribution in [0.1, 0.15) is 36.0 Å². The van der Waals surface area contributed by atoms with Gasteiger partial charge in [0.25, 0.3) is 5.91 Å². The van der Waals surface area contributed by atoms with Crippen molar-refractivity contribution in [3.05, 3.63) is 33.8 Å². The fraction of sp³-hybridized carbons (Fsp3) is 0.429. The molecule has 0 aromatic heterocycles. The molecule has 0 aliphatic heterocycles. The lowest BCUT2D eigenvalue weighted by Crippen LogP contribution is -2.45. The Bertz CT molecular complexity index is 533. The van der Waals surface area contributed by atoms with Crippen LogP contribution >= 0.6 is 23.2 Å². The highest BCUT2D eigenvalue weighted by molar-refractivity contribution is 6.42. The van der Waals surface area contributed by atoms with E-state index in [1.807, 2.05) is 0 Å². The highest BCUT2D eigenvalue weighted by atomic mass is 35.5. The van der Waals surface area contributed by atoms with Gasteiger partial charge in [0.2, 0.25) is 0 Å². The van der Waals surface area contributed by atoms with E-state index in [-0.39, 0.29) is 11.9 Å². The van der Waals surface area contributed by atoms with E-state index in [1.165, 1.54) is 6.07 Å². The average Bonchev–Trinajstić information content (AvgIpc) is 2.42. The Morgan fingerprint density at radius 1 is 1.15 bits per heavy atom. The summed E-state index contributed by atoms with van der Waals surface area (Å²) >= 11 is 11.7. The number of hydrogen-bond donors (Lipinski definition) is 2. The lowest BCUT2D eigenvalue weighted by Gasteiger charge is -2.29. The van der Waals surface area contributed by atoms with Gasteiger partial charge < -0.3 is 10.4 Å². The topological polar surface area (TPSA) is 66.4 Å². The monoisotopic (exact) mass is 315 g/mol. The quantitative estimate of drug-likeness (QED) is 0.898. The average molecular weight is 316 g/mol. The van der Waals surface area contributed by atoms with Gasteiger partial charge in [0.15, 0.2) is 0 Å². The van der Waals surface area contributed by atoms with E-state index in [0.29, 0.717) is 28.5 Å². The molecular formula is C14H15Cl2NO3. The van der Waals surface area contributed by atoms with Gasteiger partial charge in [-0.1, -0.05) is 36.0 Å². The number of hydrogen-bond acceptors (Lipinski definition) is 2. The zero-order chi connectivity index (χ0) is 14.7. The van der Waals surface area contributed by atoms with Crippen LogP contribution in [-0.4, -0.2) is 23.0 Å². The number of carboxylic acids is 1. The largest absolute Gasteiger partial charge is 0.481 e. The van der Waals surface area contributed by atoms with Crippen LogP contribution in [0.25, 0.3) is 0 Å². The van der Waals surface area contributed by atoms with Crippen LogP contribution in [0, 0.1) is 5.92 Å². The molecule has 1 saturated carbocycles. The van der Waals surface area contributed by atoms with Crippen LogP contribution in [0.2, 0.25) is 10.0 Å². The van der Waals surface area contributed by atoms with Gasteiger partial charge in [-0.25, -0.2) is 0 Å². The Morgan fingerprint density at radius 3 is 2.50 bits per heavy atom. The molecule has 1 fully saturated rings. The van der Waals surface area contributed by atoms with Crippen molar-refractivity contribution < 1.29 is 14.7 Å². The van der Waals surface area contributed by atoms with Crippen molar-refractivity contribution in [1.82, 2.24) is 5.32 Å². The number of rotatable bonds is 3. The minimum Gasteiger partial charge on any atom is -0.481 e. The molecule has 6 heteroatoms. The summed E-state index contributed by atoms with van der Waals surface area (Å²) in [4.78, 5) is 23.3. The molecule has 20 heavy (non-hydrogen) atoms. The van der Waals surface area contributed by atoms with Crippen molar-refractivity contribution in [3.8, 4) is 0 Å². The summed E-state index contributed by atoms with van der Waals surface area (Å²) in [5.41, 5.74) is 0.383. The van der Waals surface area contributed by atoms with Gasteiger partial charge in [-0.3, -0.25) is 9.59 Å². The van der Waals surface area contributed by atoms with Gasteiger partial charge in [0, 0.05) is 11.6 Å². The third kappa shape index (κ3) is 3.44. The predicted octanol–water partition coefficient (Wildman–Crippen LogP) is 3.37. The third-order valence-electron chi connectivity index (χ3n) is 3.58. The maximum atomic E-state index is 12.1. The Labute approximate surface area is 127 Å². The van der Waals surface area contributed by atoms with Crippen molar-refractivity contribution in [2.24, 2.45) is 5.92 Å². The first kappa shape index (κ1) is 15.1. The van der Waals surface area contributed by atoms with Gasteiger partial charge in [-0.2, -0.15) is 0 Å². The number of benzene rings is 1. The lowest BCUT2D eigenvalue weighted by molar-refractivity contribution is -0.143. The van der Waals surface area contributed by atoms with E-state index in [2.05, 4.69) is 5.32 Å². The second kappa shape index (κ2) is 6.46. The summed E-state index contributed by atoms with van der Waals surface area (Å²) < 4.78 is 0. The number of carboxylic acid groups (broad SMARTS) is 1. The number of halogens is 2. The van der Waals surface area contributed by atoms with Crippen molar-refractivity contribution in [2.75, 3.05) is 0 Å². The van der Waals surface area contributed by atoms with Crippen LogP contribution in [0.4, 0.5) is 0 Å². The normalized spacial score (nSPS) is 22.3. The number of carbonyl (C=O) groups is 2. The summed E-state index contributed by atoms with van der Waals surface area (Å²) in [7, 11) is 0. The van der Waals surface area contributed by atoms with Crippen LogP contribution in [0.15, 0.2) is 18.2 Å². The highest BCUT2D eigenvalue weighted by Gasteiger charge is 2.31. The van der Waals surface area contributed by atoms with Crippen molar-refractivity contribution in [3.63, 3.8) is 0 Å². The fourth-order valence-electron chi connectivity index (χ4n) is 2.49. The molecule has 2 N–H and O–H groups in total. The molecule has 1 aliphatic carbocycles. The molecule has 4 nitrogen and oxygen atoms in total. The molecule has 1 aromatic rings. The number of amides is 1. The van der Waals surface area contributed by atoms with Crippen LogP contribution < -0.4 is 5.32 Å². The van der Waals surface area contributed by atoms with E-state index in [9.17, 15) is 14.7 Å². The van der Waals surface area contributed by atoms with Crippen LogP contribution in [0.5, 0.6) is 0 Å². The standard InChI is InChI=1S/C14H15Cl2NO3/c15-10-6-5-8(7-11(10)16)13(18)17-12-4-2-1-3-9(12)14(19)20/h5-7,9,12H,1-4H2,(H,17,18)(H,19,20)/t9-,12+/m1/s1. The number of aliphatic carboxylic acids is 1. The molecule has 0 saturated heterocycles. The molecule has 0 unspecified atom stereocenters. The second-order valence-electron chi connectivity index (χ2n) is 4.94. The van der Waals surface area contributed by atoms with Crippen molar-refractivity contribution in [1.29, 1.82) is 0 Å². The van der Waals surface area contributed by atoms with Gasteiger partial charge >= 0.3 is 5.97 Å². The summed E-state index contributed by atoms with van der Waals surface area (Å²) in [6, 6.07) is 4.28. The predicted molar refractivity (Wildman–Crippen MR) is 77.3 cm³/mol. The zero-order valence-electron chi connectivity index (χ0n) is 10.7. The Morgan fingerprint density at radius 2 is 1.85 bits per heavy atom. The van der Waals surface area contributed by atoms with Gasteiger partial charge in [-0.15, -0.1) is 0 Å². The van der Waals surface area contributed by atoms with Gasteiger partial charge in [-0.05, 0) is 31.0 Å².